The third kappa shape index (κ3) is 1.75. The number of hydrogen-bond acceptors (Lipinski definition) is 1. The van der Waals surface area contributed by atoms with Crippen molar-refractivity contribution in [1.29, 1.82) is 0 Å². The van der Waals surface area contributed by atoms with Gasteiger partial charge < -0.3 is 0 Å². The lowest BCUT2D eigenvalue weighted by atomic mass is 10.1. The third-order valence-electron chi connectivity index (χ3n) is 3.03. The fourth-order valence-corrected chi connectivity index (χ4v) is 4.30. The van der Waals surface area contributed by atoms with Crippen molar-refractivity contribution in [1.82, 2.24) is 0 Å². The molecule has 0 spiro atoms. The Hall–Kier alpha value is -1.93. The molecule has 3 aromatic rings. The second-order valence-corrected chi connectivity index (χ2v) is 6.06. The maximum Gasteiger partial charge on any atom is 0.187 e. The SMILES string of the molecule is CC(=O)c1c[s+](-c2ccccc2)c2ccccc12. The van der Waals surface area contributed by atoms with Gasteiger partial charge in [-0.15, -0.1) is 0 Å². The van der Waals surface area contributed by atoms with E-state index in [1.165, 1.54) is 9.60 Å². The fourth-order valence-electron chi connectivity index (χ4n) is 2.16. The highest BCUT2D eigenvalue weighted by Gasteiger charge is 2.21. The van der Waals surface area contributed by atoms with Crippen molar-refractivity contribution in [3.05, 3.63) is 65.5 Å². The zero-order chi connectivity index (χ0) is 12.5. The van der Waals surface area contributed by atoms with Crippen LogP contribution in [0, 0.1) is 0 Å². The summed E-state index contributed by atoms with van der Waals surface area (Å²) >= 11 is 0. The Morgan fingerprint density at radius 1 is 0.944 bits per heavy atom. The van der Waals surface area contributed by atoms with Gasteiger partial charge in [-0.25, -0.2) is 0 Å². The van der Waals surface area contributed by atoms with Gasteiger partial charge >= 0.3 is 0 Å². The third-order valence-corrected chi connectivity index (χ3v) is 5.11. The molecule has 18 heavy (non-hydrogen) atoms. The van der Waals surface area contributed by atoms with Crippen LogP contribution in [-0.4, -0.2) is 5.78 Å². The highest BCUT2D eigenvalue weighted by atomic mass is 32.2. The molecule has 1 heterocycles. The molecule has 1 nitrogen and oxygen atoms in total. The summed E-state index contributed by atoms with van der Waals surface area (Å²) in [6.45, 7) is 1.64. The Bertz CT molecular complexity index is 710. The number of Topliss-reactive ketones (excluding diaryl/α,β-unsaturated/α-hetero) is 1. The Balaban J connectivity index is 2.34. The molecule has 1 aromatic heterocycles. The minimum atomic E-state index is -0.0991. The van der Waals surface area contributed by atoms with Gasteiger partial charge in [0, 0.05) is 10.5 Å². The van der Waals surface area contributed by atoms with Crippen LogP contribution < -0.4 is 0 Å². The van der Waals surface area contributed by atoms with Gasteiger partial charge in [0.15, 0.2) is 20.8 Å². The summed E-state index contributed by atoms with van der Waals surface area (Å²) in [6, 6.07) is 18.6. The van der Waals surface area contributed by atoms with Gasteiger partial charge in [-0.3, -0.25) is 4.79 Å². The van der Waals surface area contributed by atoms with E-state index in [2.05, 4.69) is 23.6 Å². The molecular weight excluding hydrogens is 240 g/mol. The van der Waals surface area contributed by atoms with Crippen LogP contribution in [0.3, 0.4) is 0 Å². The molecular formula is C16H13OS+. The van der Waals surface area contributed by atoms with Gasteiger partial charge in [-0.05, 0) is 31.2 Å². The van der Waals surface area contributed by atoms with Crippen LogP contribution in [0.2, 0.25) is 0 Å². The second-order valence-electron chi connectivity index (χ2n) is 4.23. The molecule has 0 saturated heterocycles. The number of carbonyl (C=O) groups is 1. The molecule has 1 atom stereocenters. The maximum absolute atomic E-state index is 11.7. The normalized spacial score (nSPS) is 11.7. The molecule has 0 aliphatic carbocycles. The summed E-state index contributed by atoms with van der Waals surface area (Å²) in [6.07, 6.45) is 0. The van der Waals surface area contributed by atoms with Crippen molar-refractivity contribution >= 4 is 26.3 Å². The lowest BCUT2D eigenvalue weighted by molar-refractivity contribution is 0.101. The van der Waals surface area contributed by atoms with Crippen LogP contribution in [0.5, 0.6) is 0 Å². The summed E-state index contributed by atoms with van der Waals surface area (Å²) in [5, 5.41) is 3.21. The molecule has 2 heteroatoms. The number of hydrogen-bond donors (Lipinski definition) is 0. The van der Waals surface area contributed by atoms with E-state index in [-0.39, 0.29) is 16.3 Å². The zero-order valence-electron chi connectivity index (χ0n) is 10.1. The van der Waals surface area contributed by atoms with Gasteiger partial charge in [0.1, 0.15) is 0 Å². The van der Waals surface area contributed by atoms with E-state index in [1.54, 1.807) is 6.92 Å². The van der Waals surface area contributed by atoms with E-state index in [9.17, 15) is 4.79 Å². The molecule has 0 saturated carbocycles. The van der Waals surface area contributed by atoms with E-state index in [0.717, 1.165) is 10.9 Å². The van der Waals surface area contributed by atoms with Gasteiger partial charge in [-0.1, -0.05) is 30.3 Å². The van der Waals surface area contributed by atoms with Gasteiger partial charge in [0.25, 0.3) is 0 Å². The summed E-state index contributed by atoms with van der Waals surface area (Å²) in [5.41, 5.74) is 0.859. The summed E-state index contributed by atoms with van der Waals surface area (Å²) in [4.78, 5) is 13.0. The van der Waals surface area contributed by atoms with Crippen LogP contribution in [0.4, 0.5) is 0 Å². The van der Waals surface area contributed by atoms with Crippen LogP contribution in [-0.2, 0) is 0 Å². The van der Waals surface area contributed by atoms with Crippen LogP contribution in [0.1, 0.15) is 17.3 Å². The minimum Gasteiger partial charge on any atom is -0.294 e. The monoisotopic (exact) mass is 253 g/mol. The number of carbonyl (C=O) groups excluding carboxylic acids is 1. The molecule has 0 aliphatic rings. The average molecular weight is 253 g/mol. The predicted molar refractivity (Wildman–Crippen MR) is 77.8 cm³/mol. The topological polar surface area (TPSA) is 17.1 Å². The number of ketones is 1. The Morgan fingerprint density at radius 3 is 2.33 bits per heavy atom. The second kappa shape index (κ2) is 4.39. The van der Waals surface area contributed by atoms with Crippen molar-refractivity contribution < 1.29 is 4.79 Å². The quantitative estimate of drug-likeness (QED) is 0.474. The maximum atomic E-state index is 11.7. The van der Waals surface area contributed by atoms with E-state index in [1.807, 2.05) is 36.4 Å². The smallest absolute Gasteiger partial charge is 0.187 e. The van der Waals surface area contributed by atoms with Gasteiger partial charge in [-0.2, -0.15) is 0 Å². The molecule has 2 aromatic carbocycles. The van der Waals surface area contributed by atoms with Gasteiger partial charge in [0.05, 0.1) is 10.9 Å². The number of benzene rings is 2. The lowest BCUT2D eigenvalue weighted by Gasteiger charge is -1.89. The number of rotatable bonds is 2. The van der Waals surface area contributed by atoms with Gasteiger partial charge in [0.2, 0.25) is 0 Å². The van der Waals surface area contributed by atoms with Crippen LogP contribution >= 0.6 is 10.5 Å². The largest absolute Gasteiger partial charge is 0.294 e. The molecule has 0 radical (unpaired) electrons. The number of fused-ring (bicyclic) bond motifs is 1. The predicted octanol–water partition coefficient (Wildman–Crippen LogP) is 4.78. The Kier molecular flexibility index (Phi) is 2.73. The molecule has 3 rings (SSSR count). The molecule has 0 aliphatic heterocycles. The first-order valence-corrected chi connectivity index (χ1v) is 7.16. The van der Waals surface area contributed by atoms with Crippen molar-refractivity contribution in [2.45, 2.75) is 6.92 Å². The van der Waals surface area contributed by atoms with E-state index < -0.39 is 0 Å². The summed E-state index contributed by atoms with van der Waals surface area (Å²) in [5.74, 6) is 0.147. The fraction of sp³-hybridized carbons (Fsp3) is 0.0625. The Labute approximate surface area is 109 Å². The molecule has 0 bridgehead atoms. The molecule has 1 unspecified atom stereocenters. The average Bonchev–Trinajstić information content (AvgIpc) is 2.79. The number of thiophene rings is 1. The molecule has 88 valence electrons. The van der Waals surface area contributed by atoms with Crippen molar-refractivity contribution in [3.8, 4) is 4.90 Å². The Morgan fingerprint density at radius 2 is 1.61 bits per heavy atom. The first kappa shape index (κ1) is 11.2. The van der Waals surface area contributed by atoms with Crippen molar-refractivity contribution in [2.75, 3.05) is 0 Å². The van der Waals surface area contributed by atoms with Crippen LogP contribution in [0.25, 0.3) is 15.0 Å². The highest BCUT2D eigenvalue weighted by Crippen LogP contribution is 2.41. The summed E-state index contributed by atoms with van der Waals surface area (Å²) in [7, 11) is -0.0991. The van der Waals surface area contributed by atoms with E-state index in [4.69, 9.17) is 0 Å². The minimum absolute atomic E-state index is 0.0991. The molecule has 0 amide bonds. The lowest BCUT2D eigenvalue weighted by Crippen LogP contribution is -1.87. The highest BCUT2D eigenvalue weighted by molar-refractivity contribution is 7.44. The van der Waals surface area contributed by atoms with Crippen molar-refractivity contribution in [2.24, 2.45) is 0 Å². The van der Waals surface area contributed by atoms with E-state index in [0.29, 0.717) is 0 Å². The standard InChI is InChI=1S/C16H13OS/c1-12(17)15-11-18(13-7-3-2-4-8-13)16-10-6-5-9-14(15)16/h2-11H,1H3/q+1. The van der Waals surface area contributed by atoms with E-state index >= 15 is 0 Å². The first-order valence-electron chi connectivity index (χ1n) is 5.87. The molecule has 0 fully saturated rings. The van der Waals surface area contributed by atoms with Crippen molar-refractivity contribution in [3.63, 3.8) is 0 Å². The molecule has 0 N–H and O–H groups in total. The zero-order valence-corrected chi connectivity index (χ0v) is 10.9. The first-order chi connectivity index (χ1) is 8.77. The summed E-state index contributed by atoms with van der Waals surface area (Å²) < 4.78 is 1.26. The van der Waals surface area contributed by atoms with Crippen LogP contribution in [0.15, 0.2) is 60.0 Å².